The number of hydrogen-bond donors (Lipinski definition) is 0. The minimum Gasteiger partial charge on any atom is -0.302 e. The van der Waals surface area contributed by atoms with Crippen molar-refractivity contribution >= 4 is 9.84 Å². The molecule has 1 atom stereocenters. The number of hydrogen-bond acceptors (Lipinski definition) is 4. The molecule has 0 bridgehead atoms. The van der Waals surface area contributed by atoms with Crippen LogP contribution in [-0.2, 0) is 22.8 Å². The van der Waals surface area contributed by atoms with Gasteiger partial charge in [-0.25, -0.2) is 8.42 Å². The maximum Gasteiger partial charge on any atom is 0.408 e. The Hall–Kier alpha value is -1.09. The summed E-state index contributed by atoms with van der Waals surface area (Å²) in [6, 6.07) is 0. The van der Waals surface area contributed by atoms with Gasteiger partial charge in [-0.05, 0) is 30.9 Å². The molecule has 2 aliphatic rings. The molecule has 2 saturated heterocycles. The summed E-state index contributed by atoms with van der Waals surface area (Å²) in [6.07, 6.45) is 0.268. The number of aromatic nitrogens is 2. The molecule has 0 radical (unpaired) electrons. The van der Waals surface area contributed by atoms with E-state index in [2.05, 4.69) is 16.9 Å². The molecule has 3 rings (SSSR count). The van der Waals surface area contributed by atoms with Crippen LogP contribution >= 0.6 is 0 Å². The molecule has 1 unspecified atom stereocenters. The molecule has 0 amide bonds. The van der Waals surface area contributed by atoms with E-state index in [0.29, 0.717) is 17.9 Å². The normalized spacial score (nSPS) is 24.2. The summed E-state index contributed by atoms with van der Waals surface area (Å²) in [5.74, 6) is 0.879. The van der Waals surface area contributed by atoms with E-state index in [1.165, 1.54) is 12.4 Å². The molecule has 2 aliphatic heterocycles. The Labute approximate surface area is 139 Å². The second kappa shape index (κ2) is 6.01. The Morgan fingerprint density at radius 3 is 2.71 bits per heavy atom. The Morgan fingerprint density at radius 2 is 2.08 bits per heavy atom. The first-order valence-corrected chi connectivity index (χ1v) is 9.87. The van der Waals surface area contributed by atoms with Crippen LogP contribution in [0.1, 0.15) is 18.9 Å². The smallest absolute Gasteiger partial charge is 0.302 e. The largest absolute Gasteiger partial charge is 0.408 e. The maximum absolute atomic E-state index is 12.3. The van der Waals surface area contributed by atoms with Crippen molar-refractivity contribution < 1.29 is 21.6 Å². The predicted molar refractivity (Wildman–Crippen MR) is 83.3 cm³/mol. The van der Waals surface area contributed by atoms with Gasteiger partial charge in [-0.3, -0.25) is 4.68 Å². The number of sulfone groups is 1. The van der Waals surface area contributed by atoms with Crippen LogP contribution in [0.2, 0.25) is 0 Å². The quantitative estimate of drug-likeness (QED) is 0.798. The minimum atomic E-state index is -4.26. The van der Waals surface area contributed by atoms with Gasteiger partial charge >= 0.3 is 6.18 Å². The van der Waals surface area contributed by atoms with Crippen molar-refractivity contribution in [2.45, 2.75) is 32.5 Å². The van der Waals surface area contributed by atoms with Gasteiger partial charge in [0.05, 0.1) is 17.7 Å². The molecule has 0 N–H and O–H groups in total. The van der Waals surface area contributed by atoms with Crippen molar-refractivity contribution in [2.75, 3.05) is 31.1 Å². The van der Waals surface area contributed by atoms with E-state index in [1.54, 1.807) is 0 Å². The van der Waals surface area contributed by atoms with Gasteiger partial charge in [0.1, 0.15) is 6.54 Å². The summed E-state index contributed by atoms with van der Waals surface area (Å²) in [6.45, 7) is 3.53. The fourth-order valence-electron chi connectivity index (χ4n) is 4.00. The molecule has 1 aromatic rings. The van der Waals surface area contributed by atoms with E-state index in [1.807, 2.05) is 0 Å². The van der Waals surface area contributed by atoms with Crippen LogP contribution in [0.3, 0.4) is 0 Å². The predicted octanol–water partition coefficient (Wildman–Crippen LogP) is 1.74. The summed E-state index contributed by atoms with van der Waals surface area (Å²) in [4.78, 5) is 2.28. The fraction of sp³-hybridized carbons (Fsp3) is 0.800. The summed E-state index contributed by atoms with van der Waals surface area (Å²) in [5.41, 5.74) is 0.753. The lowest BCUT2D eigenvalue weighted by Gasteiger charge is -2.37. The van der Waals surface area contributed by atoms with Gasteiger partial charge in [0.15, 0.2) is 9.84 Å². The summed E-state index contributed by atoms with van der Waals surface area (Å²) >= 11 is 0. The third kappa shape index (κ3) is 4.30. The van der Waals surface area contributed by atoms with Crippen LogP contribution in [-0.4, -0.2) is 60.4 Å². The van der Waals surface area contributed by atoms with Crippen molar-refractivity contribution in [3.63, 3.8) is 0 Å². The van der Waals surface area contributed by atoms with E-state index in [0.717, 1.165) is 36.3 Å². The van der Waals surface area contributed by atoms with Crippen LogP contribution in [0.4, 0.5) is 13.2 Å². The second-order valence-electron chi connectivity index (χ2n) is 7.49. The van der Waals surface area contributed by atoms with Crippen LogP contribution in [0.15, 0.2) is 12.4 Å². The second-order valence-corrected chi connectivity index (χ2v) is 9.55. The summed E-state index contributed by atoms with van der Waals surface area (Å²) < 4.78 is 60.8. The maximum atomic E-state index is 12.3. The Kier molecular flexibility index (Phi) is 4.44. The molecule has 0 saturated carbocycles. The van der Waals surface area contributed by atoms with Gasteiger partial charge in [0.2, 0.25) is 0 Å². The Bertz CT molecular complexity index is 687. The SMILES string of the molecule is CC(Cc1cnn(CC(F)(F)F)c1)CN1CCC2(C1)CS(=O)(=O)C2. The van der Waals surface area contributed by atoms with E-state index in [-0.39, 0.29) is 11.3 Å². The molecule has 1 aromatic heterocycles. The summed E-state index contributed by atoms with van der Waals surface area (Å²) in [5, 5.41) is 3.76. The van der Waals surface area contributed by atoms with Crippen molar-refractivity contribution in [3.8, 4) is 0 Å². The first-order valence-electron chi connectivity index (χ1n) is 8.05. The molecule has 5 nitrogen and oxygen atoms in total. The van der Waals surface area contributed by atoms with E-state index in [9.17, 15) is 21.6 Å². The van der Waals surface area contributed by atoms with Crippen LogP contribution < -0.4 is 0 Å². The highest BCUT2D eigenvalue weighted by atomic mass is 32.2. The number of likely N-dealkylation sites (tertiary alicyclic amines) is 1. The third-order valence-electron chi connectivity index (χ3n) is 4.75. The van der Waals surface area contributed by atoms with Crippen molar-refractivity contribution in [3.05, 3.63) is 18.0 Å². The average Bonchev–Trinajstić information content (AvgIpc) is 2.93. The van der Waals surface area contributed by atoms with Crippen molar-refractivity contribution in [1.29, 1.82) is 0 Å². The fourth-order valence-corrected chi connectivity index (χ4v) is 6.25. The molecule has 24 heavy (non-hydrogen) atoms. The highest BCUT2D eigenvalue weighted by Gasteiger charge is 2.51. The number of rotatable bonds is 5. The van der Waals surface area contributed by atoms with Gasteiger partial charge in [0.25, 0.3) is 0 Å². The zero-order valence-corrected chi connectivity index (χ0v) is 14.4. The zero-order chi connectivity index (χ0) is 17.6. The molecular formula is C15H22F3N3O2S. The third-order valence-corrected chi connectivity index (χ3v) is 6.86. The first-order chi connectivity index (χ1) is 11.0. The molecular weight excluding hydrogens is 343 g/mol. The molecule has 136 valence electrons. The molecule has 0 aromatic carbocycles. The standard InChI is InChI=1S/C15H22F3N3O2S/c1-12(4-13-5-19-21(7-13)9-15(16,17)18)6-20-3-2-14(8-20)10-24(22,23)11-14/h5,7,12H,2-4,6,8-11H2,1H3. The molecule has 2 fully saturated rings. The van der Waals surface area contributed by atoms with Gasteiger partial charge in [0, 0.05) is 24.7 Å². The van der Waals surface area contributed by atoms with Crippen molar-refractivity contribution in [1.82, 2.24) is 14.7 Å². The van der Waals surface area contributed by atoms with Gasteiger partial charge < -0.3 is 4.90 Å². The van der Waals surface area contributed by atoms with E-state index < -0.39 is 22.6 Å². The molecule has 3 heterocycles. The minimum absolute atomic E-state index is 0.0455. The van der Waals surface area contributed by atoms with Gasteiger partial charge in [-0.15, -0.1) is 0 Å². The molecule has 1 spiro atoms. The highest BCUT2D eigenvalue weighted by Crippen LogP contribution is 2.41. The molecule has 0 aliphatic carbocycles. The first kappa shape index (κ1) is 17.7. The number of alkyl halides is 3. The van der Waals surface area contributed by atoms with Crippen LogP contribution in [0.5, 0.6) is 0 Å². The lowest BCUT2D eigenvalue weighted by Crippen LogP contribution is -2.50. The highest BCUT2D eigenvalue weighted by molar-refractivity contribution is 7.92. The average molecular weight is 365 g/mol. The topological polar surface area (TPSA) is 55.2 Å². The van der Waals surface area contributed by atoms with E-state index in [4.69, 9.17) is 0 Å². The number of nitrogens with zero attached hydrogens (tertiary/aromatic N) is 3. The van der Waals surface area contributed by atoms with Crippen LogP contribution in [0, 0.1) is 11.3 Å². The monoisotopic (exact) mass is 365 g/mol. The Balaban J connectivity index is 1.47. The lowest BCUT2D eigenvalue weighted by atomic mass is 9.91. The van der Waals surface area contributed by atoms with Gasteiger partial charge in [-0.1, -0.05) is 6.92 Å². The summed E-state index contributed by atoms with van der Waals surface area (Å²) in [7, 11) is -2.82. The van der Waals surface area contributed by atoms with E-state index >= 15 is 0 Å². The van der Waals surface area contributed by atoms with Crippen LogP contribution in [0.25, 0.3) is 0 Å². The molecule has 9 heteroatoms. The Morgan fingerprint density at radius 1 is 1.38 bits per heavy atom. The lowest BCUT2D eigenvalue weighted by molar-refractivity contribution is -0.142. The van der Waals surface area contributed by atoms with Gasteiger partial charge in [-0.2, -0.15) is 18.3 Å². The van der Waals surface area contributed by atoms with Crippen molar-refractivity contribution in [2.24, 2.45) is 11.3 Å². The number of halogens is 3. The zero-order valence-electron chi connectivity index (χ0n) is 13.6.